The maximum atomic E-state index is 12.3. The lowest BCUT2D eigenvalue weighted by molar-refractivity contribution is 0.0945. The first-order chi connectivity index (χ1) is 12.2. The number of carbonyl (C=O) groups is 1. The molecule has 0 atom stereocenters. The number of fused-ring (bicyclic) bond motifs is 3. The molecule has 2 N–H and O–H groups in total. The lowest BCUT2D eigenvalue weighted by atomic mass is 9.75. The van der Waals surface area contributed by atoms with Crippen LogP contribution in [0.15, 0.2) is 48.5 Å². The normalized spacial score (nSPS) is 17.3. The molecule has 0 saturated heterocycles. The lowest BCUT2D eigenvalue weighted by Crippen LogP contribution is -2.54. The molecule has 0 radical (unpaired) electrons. The first-order valence-electron chi connectivity index (χ1n) is 8.96. The van der Waals surface area contributed by atoms with Crippen LogP contribution in [-0.2, 0) is 4.74 Å². The molecule has 2 aliphatic carbocycles. The first-order valence-corrected chi connectivity index (χ1v) is 8.96. The minimum absolute atomic E-state index is 0.0772. The zero-order valence-electron chi connectivity index (χ0n) is 14.2. The molecular weight excluding hydrogens is 314 g/mol. The molecule has 0 aromatic heterocycles. The minimum Gasteiger partial charge on any atom is -0.449 e. The van der Waals surface area contributed by atoms with E-state index in [1.54, 1.807) is 0 Å². The van der Waals surface area contributed by atoms with Gasteiger partial charge in [0.1, 0.15) is 6.61 Å². The first kappa shape index (κ1) is 16.2. The van der Waals surface area contributed by atoms with Gasteiger partial charge in [0.25, 0.3) is 0 Å². The number of alkyl carbamates (subject to hydrolysis) is 1. The Morgan fingerprint density at radius 2 is 1.68 bits per heavy atom. The summed E-state index contributed by atoms with van der Waals surface area (Å²) in [5, 5.41) is 12.2. The monoisotopic (exact) mass is 337 g/mol. The Labute approximate surface area is 147 Å². The van der Waals surface area contributed by atoms with Crippen molar-refractivity contribution in [2.75, 3.05) is 13.2 Å². The van der Waals surface area contributed by atoms with Gasteiger partial charge in [-0.3, -0.25) is 0 Å². The molecule has 25 heavy (non-hydrogen) atoms. The van der Waals surface area contributed by atoms with Crippen LogP contribution in [0.1, 0.15) is 42.7 Å². The molecule has 0 spiro atoms. The molecule has 1 amide bonds. The Hall–Kier alpha value is -2.33. The molecule has 130 valence electrons. The summed E-state index contributed by atoms with van der Waals surface area (Å²) in [6, 6.07) is 16.6. The van der Waals surface area contributed by atoms with Gasteiger partial charge in [-0.15, -0.1) is 0 Å². The summed E-state index contributed by atoms with van der Waals surface area (Å²) >= 11 is 0. The zero-order chi connectivity index (χ0) is 17.3. The van der Waals surface area contributed by atoms with Gasteiger partial charge in [-0.25, -0.2) is 4.79 Å². The summed E-state index contributed by atoms with van der Waals surface area (Å²) in [7, 11) is 0. The second kappa shape index (κ2) is 6.52. The van der Waals surface area contributed by atoms with Crippen molar-refractivity contribution in [3.05, 3.63) is 59.7 Å². The van der Waals surface area contributed by atoms with E-state index in [1.807, 2.05) is 24.3 Å². The molecule has 4 heteroatoms. The highest BCUT2D eigenvalue weighted by atomic mass is 16.5. The number of ether oxygens (including phenoxy) is 1. The van der Waals surface area contributed by atoms with Crippen LogP contribution in [0.3, 0.4) is 0 Å². The van der Waals surface area contributed by atoms with E-state index in [9.17, 15) is 9.90 Å². The molecule has 0 aliphatic heterocycles. The van der Waals surface area contributed by atoms with Crippen molar-refractivity contribution in [2.45, 2.75) is 37.1 Å². The van der Waals surface area contributed by atoms with E-state index in [2.05, 4.69) is 29.6 Å². The molecule has 2 aliphatic rings. The van der Waals surface area contributed by atoms with Gasteiger partial charge in [0.15, 0.2) is 0 Å². The fraction of sp³-hybridized carbons (Fsp3) is 0.381. The predicted octanol–water partition coefficient (Wildman–Crippen LogP) is 3.83. The van der Waals surface area contributed by atoms with Crippen LogP contribution in [0.4, 0.5) is 4.79 Å². The van der Waals surface area contributed by atoms with Crippen molar-refractivity contribution < 1.29 is 14.6 Å². The number of nitrogens with one attached hydrogen (secondary N) is 1. The third kappa shape index (κ3) is 2.91. The number of amides is 1. The Morgan fingerprint density at radius 3 is 2.20 bits per heavy atom. The summed E-state index contributed by atoms with van der Waals surface area (Å²) in [6.07, 6.45) is 3.13. The van der Waals surface area contributed by atoms with Crippen molar-refractivity contribution in [1.82, 2.24) is 5.32 Å². The fourth-order valence-electron chi connectivity index (χ4n) is 4.11. The number of benzene rings is 2. The second-order valence-electron chi connectivity index (χ2n) is 7.06. The van der Waals surface area contributed by atoms with Gasteiger partial charge in [-0.1, -0.05) is 48.5 Å². The fourth-order valence-corrected chi connectivity index (χ4v) is 4.11. The van der Waals surface area contributed by atoms with Crippen molar-refractivity contribution in [1.29, 1.82) is 0 Å². The summed E-state index contributed by atoms with van der Waals surface area (Å²) in [6.45, 7) is 0.415. The van der Waals surface area contributed by atoms with Crippen LogP contribution >= 0.6 is 0 Å². The van der Waals surface area contributed by atoms with Gasteiger partial charge >= 0.3 is 6.09 Å². The molecule has 2 aromatic rings. The van der Waals surface area contributed by atoms with Crippen LogP contribution in [0, 0.1) is 0 Å². The Morgan fingerprint density at radius 1 is 1.08 bits per heavy atom. The average molecular weight is 337 g/mol. The zero-order valence-corrected chi connectivity index (χ0v) is 14.2. The molecule has 1 fully saturated rings. The highest BCUT2D eigenvalue weighted by Gasteiger charge is 2.38. The average Bonchev–Trinajstić information content (AvgIpc) is 2.92. The SMILES string of the molecule is O=C(NC1(CCO)CCC1)OCC1c2ccccc2-c2ccccc21. The van der Waals surface area contributed by atoms with Crippen molar-refractivity contribution in [3.63, 3.8) is 0 Å². The lowest BCUT2D eigenvalue weighted by Gasteiger charge is -2.41. The predicted molar refractivity (Wildman–Crippen MR) is 96.5 cm³/mol. The highest BCUT2D eigenvalue weighted by molar-refractivity contribution is 5.79. The van der Waals surface area contributed by atoms with E-state index in [0.29, 0.717) is 13.0 Å². The quantitative estimate of drug-likeness (QED) is 0.872. The van der Waals surface area contributed by atoms with E-state index in [4.69, 9.17) is 4.74 Å². The van der Waals surface area contributed by atoms with E-state index in [0.717, 1.165) is 19.3 Å². The van der Waals surface area contributed by atoms with Gasteiger partial charge in [-0.05, 0) is 47.9 Å². The number of aliphatic hydroxyl groups excluding tert-OH is 1. The standard InChI is InChI=1S/C21H23NO3/c23-13-12-21(10-5-11-21)22-20(24)25-14-19-17-8-3-1-6-15(17)16-7-2-4-9-18(16)19/h1-4,6-9,19,23H,5,10-14H2,(H,22,24). The number of hydrogen-bond acceptors (Lipinski definition) is 3. The number of aliphatic hydroxyl groups is 1. The third-order valence-electron chi connectivity index (χ3n) is 5.61. The van der Waals surface area contributed by atoms with Gasteiger partial charge in [-0.2, -0.15) is 0 Å². The summed E-state index contributed by atoms with van der Waals surface area (Å²) in [5.41, 5.74) is 4.61. The molecule has 0 heterocycles. The Balaban J connectivity index is 1.47. The van der Waals surface area contributed by atoms with Crippen LogP contribution in [-0.4, -0.2) is 30.0 Å². The van der Waals surface area contributed by atoms with Crippen LogP contribution < -0.4 is 5.32 Å². The van der Waals surface area contributed by atoms with Crippen LogP contribution in [0.5, 0.6) is 0 Å². The molecule has 0 bridgehead atoms. The molecule has 1 saturated carbocycles. The maximum Gasteiger partial charge on any atom is 0.407 e. The smallest absolute Gasteiger partial charge is 0.407 e. The second-order valence-corrected chi connectivity index (χ2v) is 7.06. The number of carbonyl (C=O) groups excluding carboxylic acids is 1. The molecule has 4 rings (SSSR count). The topological polar surface area (TPSA) is 58.6 Å². The number of rotatable bonds is 5. The van der Waals surface area contributed by atoms with Gasteiger partial charge in [0, 0.05) is 18.1 Å². The summed E-state index contributed by atoms with van der Waals surface area (Å²) in [4.78, 5) is 12.3. The minimum atomic E-state index is -0.380. The molecule has 4 nitrogen and oxygen atoms in total. The Kier molecular flexibility index (Phi) is 4.22. The molecular formula is C21H23NO3. The van der Waals surface area contributed by atoms with Gasteiger partial charge in [0.2, 0.25) is 0 Å². The van der Waals surface area contributed by atoms with Gasteiger partial charge < -0.3 is 15.2 Å². The molecule has 0 unspecified atom stereocenters. The highest BCUT2D eigenvalue weighted by Crippen LogP contribution is 2.44. The van der Waals surface area contributed by atoms with Crippen molar-refractivity contribution in [2.24, 2.45) is 0 Å². The maximum absolute atomic E-state index is 12.3. The van der Waals surface area contributed by atoms with E-state index in [-0.39, 0.29) is 24.2 Å². The summed E-state index contributed by atoms with van der Waals surface area (Å²) in [5.74, 6) is 0.0772. The number of hydrogen-bond donors (Lipinski definition) is 2. The van der Waals surface area contributed by atoms with E-state index in [1.165, 1.54) is 22.3 Å². The van der Waals surface area contributed by atoms with E-state index >= 15 is 0 Å². The van der Waals surface area contributed by atoms with Gasteiger partial charge in [0.05, 0.1) is 0 Å². The summed E-state index contributed by atoms with van der Waals surface area (Å²) < 4.78 is 5.59. The largest absolute Gasteiger partial charge is 0.449 e. The van der Waals surface area contributed by atoms with Crippen molar-refractivity contribution in [3.8, 4) is 11.1 Å². The Bertz CT molecular complexity index is 737. The van der Waals surface area contributed by atoms with Crippen LogP contribution in [0.2, 0.25) is 0 Å². The third-order valence-corrected chi connectivity index (χ3v) is 5.61. The van der Waals surface area contributed by atoms with E-state index < -0.39 is 0 Å². The molecule has 2 aromatic carbocycles. The van der Waals surface area contributed by atoms with Crippen LogP contribution in [0.25, 0.3) is 11.1 Å². The van der Waals surface area contributed by atoms with Crippen molar-refractivity contribution >= 4 is 6.09 Å².